The van der Waals surface area contributed by atoms with Gasteiger partial charge in [-0.25, -0.2) is 9.59 Å². The summed E-state index contributed by atoms with van der Waals surface area (Å²) in [5.41, 5.74) is 0.870. The van der Waals surface area contributed by atoms with Crippen LogP contribution in [0.3, 0.4) is 0 Å². The molecule has 18 heavy (non-hydrogen) atoms. The van der Waals surface area contributed by atoms with Gasteiger partial charge in [0.2, 0.25) is 0 Å². The van der Waals surface area contributed by atoms with Crippen LogP contribution in [0.5, 0.6) is 0 Å². The Balaban J connectivity index is 2.61. The summed E-state index contributed by atoms with van der Waals surface area (Å²) in [4.78, 5) is 22.6. The zero-order valence-corrected chi connectivity index (χ0v) is 10.5. The maximum Gasteiger partial charge on any atom is 0.326 e. The molecule has 5 heteroatoms. The molecule has 2 amide bonds. The average molecular weight is 250 g/mol. The highest BCUT2D eigenvalue weighted by atomic mass is 16.4. The number of rotatable bonds is 5. The number of carbonyl (C=O) groups is 2. The van der Waals surface area contributed by atoms with E-state index in [1.54, 1.807) is 0 Å². The van der Waals surface area contributed by atoms with Gasteiger partial charge in [0, 0.05) is 12.5 Å². The summed E-state index contributed by atoms with van der Waals surface area (Å²) >= 11 is 0. The first-order chi connectivity index (χ1) is 8.49. The van der Waals surface area contributed by atoms with Gasteiger partial charge in [0.15, 0.2) is 0 Å². The Kier molecular flexibility index (Phi) is 5.17. The Bertz CT molecular complexity index is 404. The van der Waals surface area contributed by atoms with E-state index in [4.69, 9.17) is 5.11 Å². The van der Waals surface area contributed by atoms with Gasteiger partial charge in [0.25, 0.3) is 0 Å². The first-order valence-corrected chi connectivity index (χ1v) is 5.83. The van der Waals surface area contributed by atoms with Crippen molar-refractivity contribution in [3.63, 3.8) is 0 Å². The summed E-state index contributed by atoms with van der Waals surface area (Å²) in [7, 11) is 0. The van der Waals surface area contributed by atoms with Gasteiger partial charge in [0.05, 0.1) is 0 Å². The van der Waals surface area contributed by atoms with E-state index in [1.807, 2.05) is 44.2 Å². The van der Waals surface area contributed by atoms with E-state index in [9.17, 15) is 9.59 Å². The average Bonchev–Trinajstić information content (AvgIpc) is 2.28. The topological polar surface area (TPSA) is 78.4 Å². The van der Waals surface area contributed by atoms with Gasteiger partial charge in [0.1, 0.15) is 6.04 Å². The molecule has 1 aromatic rings. The molecule has 1 rings (SSSR count). The van der Waals surface area contributed by atoms with Crippen molar-refractivity contribution >= 4 is 12.0 Å². The Morgan fingerprint density at radius 1 is 1.17 bits per heavy atom. The fourth-order valence-corrected chi connectivity index (χ4v) is 1.51. The summed E-state index contributed by atoms with van der Waals surface area (Å²) in [5.74, 6) is -1.04. The van der Waals surface area contributed by atoms with E-state index in [1.165, 1.54) is 0 Å². The molecular formula is C13H18N2O3. The first kappa shape index (κ1) is 14.0. The second-order valence-corrected chi connectivity index (χ2v) is 4.35. The van der Waals surface area contributed by atoms with Crippen molar-refractivity contribution in [1.82, 2.24) is 10.6 Å². The van der Waals surface area contributed by atoms with Crippen LogP contribution in [0.15, 0.2) is 30.3 Å². The van der Waals surface area contributed by atoms with Crippen LogP contribution in [0.25, 0.3) is 0 Å². The third-order valence-electron chi connectivity index (χ3n) is 2.31. The Morgan fingerprint density at radius 3 is 2.28 bits per heavy atom. The largest absolute Gasteiger partial charge is 0.480 e. The summed E-state index contributed by atoms with van der Waals surface area (Å²) in [6.07, 6.45) is 0.266. The summed E-state index contributed by atoms with van der Waals surface area (Å²) in [6.45, 7) is 3.62. The van der Waals surface area contributed by atoms with Gasteiger partial charge in [-0.15, -0.1) is 0 Å². The molecule has 0 unspecified atom stereocenters. The standard InChI is InChI=1S/C13H18N2O3/c1-9(2)14-13(18)15-11(12(16)17)8-10-6-4-3-5-7-10/h3-7,9,11H,8H2,1-2H3,(H,16,17)(H2,14,15,18)/t11-/m1/s1. The number of carboxylic acids is 1. The third kappa shape index (κ3) is 4.86. The van der Waals surface area contributed by atoms with Gasteiger partial charge in [-0.05, 0) is 19.4 Å². The van der Waals surface area contributed by atoms with Crippen molar-refractivity contribution in [2.45, 2.75) is 32.4 Å². The van der Waals surface area contributed by atoms with E-state index in [2.05, 4.69) is 10.6 Å². The molecule has 0 saturated carbocycles. The quantitative estimate of drug-likeness (QED) is 0.739. The Hall–Kier alpha value is -2.04. The fraction of sp³-hybridized carbons (Fsp3) is 0.385. The maximum absolute atomic E-state index is 11.5. The lowest BCUT2D eigenvalue weighted by molar-refractivity contribution is -0.139. The second kappa shape index (κ2) is 6.64. The maximum atomic E-state index is 11.5. The lowest BCUT2D eigenvalue weighted by Crippen LogP contribution is -2.48. The fourth-order valence-electron chi connectivity index (χ4n) is 1.51. The number of aliphatic carboxylic acids is 1. The van der Waals surface area contributed by atoms with Gasteiger partial charge in [-0.2, -0.15) is 0 Å². The number of carboxylic acid groups (broad SMARTS) is 1. The molecule has 0 bridgehead atoms. The van der Waals surface area contributed by atoms with Gasteiger partial charge >= 0.3 is 12.0 Å². The molecule has 5 nitrogen and oxygen atoms in total. The number of benzene rings is 1. The molecule has 0 aliphatic rings. The molecule has 0 heterocycles. The van der Waals surface area contributed by atoms with Gasteiger partial charge in [-0.3, -0.25) is 0 Å². The third-order valence-corrected chi connectivity index (χ3v) is 2.31. The van der Waals surface area contributed by atoms with Crippen molar-refractivity contribution in [3.05, 3.63) is 35.9 Å². The number of hydrogen-bond donors (Lipinski definition) is 3. The van der Waals surface area contributed by atoms with Crippen LogP contribution >= 0.6 is 0 Å². The lowest BCUT2D eigenvalue weighted by atomic mass is 10.1. The molecule has 0 spiro atoms. The summed E-state index contributed by atoms with van der Waals surface area (Å²) in [6, 6.07) is 7.77. The predicted molar refractivity (Wildman–Crippen MR) is 68.4 cm³/mol. The van der Waals surface area contributed by atoms with Crippen molar-refractivity contribution in [3.8, 4) is 0 Å². The van der Waals surface area contributed by atoms with Crippen LogP contribution in [0.1, 0.15) is 19.4 Å². The Morgan fingerprint density at radius 2 is 1.78 bits per heavy atom. The predicted octanol–water partition coefficient (Wildman–Crippen LogP) is 1.39. The smallest absolute Gasteiger partial charge is 0.326 e. The van der Waals surface area contributed by atoms with Crippen LogP contribution in [0.2, 0.25) is 0 Å². The molecule has 0 fully saturated rings. The van der Waals surface area contributed by atoms with Crippen molar-refractivity contribution in [1.29, 1.82) is 0 Å². The molecular weight excluding hydrogens is 232 g/mol. The molecule has 98 valence electrons. The number of carbonyl (C=O) groups excluding carboxylic acids is 1. The van der Waals surface area contributed by atoms with Crippen molar-refractivity contribution < 1.29 is 14.7 Å². The zero-order valence-electron chi connectivity index (χ0n) is 10.5. The van der Waals surface area contributed by atoms with Gasteiger partial charge < -0.3 is 15.7 Å². The number of hydrogen-bond acceptors (Lipinski definition) is 2. The highest BCUT2D eigenvalue weighted by molar-refractivity contribution is 5.82. The van der Waals surface area contributed by atoms with Crippen LogP contribution in [0.4, 0.5) is 4.79 Å². The van der Waals surface area contributed by atoms with Crippen LogP contribution < -0.4 is 10.6 Å². The molecule has 1 atom stereocenters. The molecule has 0 aliphatic carbocycles. The minimum atomic E-state index is -1.04. The monoisotopic (exact) mass is 250 g/mol. The van der Waals surface area contributed by atoms with E-state index in [-0.39, 0.29) is 12.5 Å². The lowest BCUT2D eigenvalue weighted by Gasteiger charge is -2.16. The minimum absolute atomic E-state index is 0.0313. The van der Waals surface area contributed by atoms with Crippen LogP contribution in [-0.2, 0) is 11.2 Å². The molecule has 0 aromatic heterocycles. The summed E-state index contributed by atoms with van der Waals surface area (Å²) in [5, 5.41) is 14.1. The van der Waals surface area contributed by atoms with Crippen molar-refractivity contribution in [2.75, 3.05) is 0 Å². The second-order valence-electron chi connectivity index (χ2n) is 4.35. The SMILES string of the molecule is CC(C)NC(=O)N[C@H](Cc1ccccc1)C(=O)O. The molecule has 3 N–H and O–H groups in total. The number of amides is 2. The number of nitrogens with one attached hydrogen (secondary N) is 2. The van der Waals surface area contributed by atoms with Crippen LogP contribution in [-0.4, -0.2) is 29.2 Å². The van der Waals surface area contributed by atoms with E-state index in [0.717, 1.165) is 5.56 Å². The van der Waals surface area contributed by atoms with Gasteiger partial charge in [-0.1, -0.05) is 30.3 Å². The van der Waals surface area contributed by atoms with Crippen LogP contribution in [0, 0.1) is 0 Å². The first-order valence-electron chi connectivity index (χ1n) is 5.83. The molecule has 0 radical (unpaired) electrons. The highest BCUT2D eigenvalue weighted by Gasteiger charge is 2.20. The molecule has 0 saturated heterocycles. The zero-order chi connectivity index (χ0) is 13.5. The highest BCUT2D eigenvalue weighted by Crippen LogP contribution is 2.03. The minimum Gasteiger partial charge on any atom is -0.480 e. The Labute approximate surface area is 106 Å². The van der Waals surface area contributed by atoms with E-state index >= 15 is 0 Å². The molecule has 1 aromatic carbocycles. The molecule has 0 aliphatic heterocycles. The normalized spacial score (nSPS) is 11.9. The van der Waals surface area contributed by atoms with E-state index < -0.39 is 18.0 Å². The van der Waals surface area contributed by atoms with Crippen molar-refractivity contribution in [2.24, 2.45) is 0 Å². The van der Waals surface area contributed by atoms with E-state index in [0.29, 0.717) is 0 Å². The summed E-state index contributed by atoms with van der Waals surface area (Å²) < 4.78 is 0. The number of urea groups is 1.